The molecule has 4 heteroatoms. The normalized spacial score (nSPS) is 27.6. The molecule has 16 heavy (non-hydrogen) atoms. The van der Waals surface area contributed by atoms with E-state index in [1.54, 1.807) is 0 Å². The van der Waals surface area contributed by atoms with E-state index in [4.69, 9.17) is 9.47 Å². The molecule has 1 aliphatic heterocycles. The Morgan fingerprint density at radius 3 is 1.62 bits per heavy atom. The van der Waals surface area contributed by atoms with Gasteiger partial charge in [0.2, 0.25) is 0 Å². The van der Waals surface area contributed by atoms with Crippen LogP contribution in [0.5, 0.6) is 0 Å². The summed E-state index contributed by atoms with van der Waals surface area (Å²) in [5.41, 5.74) is 0. The van der Waals surface area contributed by atoms with Gasteiger partial charge in [-0.1, -0.05) is 26.7 Å². The van der Waals surface area contributed by atoms with Crippen LogP contribution in [0.4, 0.5) is 0 Å². The SMILES string of the molecule is CCCC1OC(=O)/C=C\C(=O)OC1CCC. The van der Waals surface area contributed by atoms with E-state index in [1.165, 1.54) is 0 Å². The molecule has 0 amide bonds. The summed E-state index contributed by atoms with van der Waals surface area (Å²) in [6, 6.07) is 0. The third kappa shape index (κ3) is 3.68. The largest absolute Gasteiger partial charge is 0.455 e. The van der Waals surface area contributed by atoms with Gasteiger partial charge in [0.25, 0.3) is 0 Å². The van der Waals surface area contributed by atoms with E-state index in [0.29, 0.717) is 0 Å². The minimum absolute atomic E-state index is 0.314. The van der Waals surface area contributed by atoms with Gasteiger partial charge in [-0.15, -0.1) is 0 Å². The fraction of sp³-hybridized carbons (Fsp3) is 0.667. The molecule has 0 N–H and O–H groups in total. The monoisotopic (exact) mass is 226 g/mol. The Kier molecular flexibility index (Phi) is 5.02. The zero-order chi connectivity index (χ0) is 12.0. The summed E-state index contributed by atoms with van der Waals surface area (Å²) < 4.78 is 10.5. The first-order chi connectivity index (χ1) is 7.67. The Morgan fingerprint density at radius 2 is 1.31 bits per heavy atom. The number of cyclic esters (lactones) is 2. The summed E-state index contributed by atoms with van der Waals surface area (Å²) in [7, 11) is 0. The van der Waals surface area contributed by atoms with Gasteiger partial charge < -0.3 is 9.47 Å². The summed E-state index contributed by atoms with van der Waals surface area (Å²) in [5, 5.41) is 0. The summed E-state index contributed by atoms with van der Waals surface area (Å²) >= 11 is 0. The zero-order valence-corrected chi connectivity index (χ0v) is 9.77. The molecule has 2 atom stereocenters. The molecule has 0 aromatic heterocycles. The highest BCUT2D eigenvalue weighted by Gasteiger charge is 2.28. The Labute approximate surface area is 95.6 Å². The average Bonchev–Trinajstić information content (AvgIpc) is 2.24. The number of carbonyl (C=O) groups excluding carboxylic acids is 2. The van der Waals surface area contributed by atoms with Crippen LogP contribution in [0.3, 0.4) is 0 Å². The van der Waals surface area contributed by atoms with Gasteiger partial charge in [0, 0.05) is 12.2 Å². The van der Waals surface area contributed by atoms with Crippen LogP contribution in [0.2, 0.25) is 0 Å². The number of ether oxygens (including phenoxy) is 2. The van der Waals surface area contributed by atoms with E-state index < -0.39 is 11.9 Å². The van der Waals surface area contributed by atoms with Crippen LogP contribution in [-0.4, -0.2) is 24.1 Å². The molecule has 1 aliphatic rings. The Balaban J connectivity index is 2.78. The lowest BCUT2D eigenvalue weighted by Gasteiger charge is -2.27. The third-order valence-electron chi connectivity index (χ3n) is 2.45. The fourth-order valence-electron chi connectivity index (χ4n) is 1.72. The number of hydrogen-bond acceptors (Lipinski definition) is 4. The lowest BCUT2D eigenvalue weighted by atomic mass is 10.0. The van der Waals surface area contributed by atoms with E-state index in [2.05, 4.69) is 0 Å². The minimum atomic E-state index is -0.462. The first-order valence-corrected chi connectivity index (χ1v) is 5.76. The maximum atomic E-state index is 11.3. The third-order valence-corrected chi connectivity index (χ3v) is 2.45. The molecule has 1 heterocycles. The first-order valence-electron chi connectivity index (χ1n) is 5.76. The van der Waals surface area contributed by atoms with Crippen molar-refractivity contribution in [2.75, 3.05) is 0 Å². The van der Waals surface area contributed by atoms with Gasteiger partial charge in [0.05, 0.1) is 0 Å². The van der Waals surface area contributed by atoms with Gasteiger partial charge in [-0.3, -0.25) is 0 Å². The van der Waals surface area contributed by atoms with E-state index in [-0.39, 0.29) is 12.2 Å². The van der Waals surface area contributed by atoms with Gasteiger partial charge in [-0.25, -0.2) is 9.59 Å². The molecule has 1 rings (SSSR count). The molecule has 4 nitrogen and oxygen atoms in total. The Hall–Kier alpha value is -1.32. The van der Waals surface area contributed by atoms with Gasteiger partial charge in [0.1, 0.15) is 12.2 Å². The van der Waals surface area contributed by atoms with Crippen molar-refractivity contribution in [2.45, 2.75) is 51.7 Å². The maximum absolute atomic E-state index is 11.3. The molecule has 0 saturated heterocycles. The van der Waals surface area contributed by atoms with Crippen molar-refractivity contribution in [3.05, 3.63) is 12.2 Å². The van der Waals surface area contributed by atoms with Gasteiger partial charge >= 0.3 is 11.9 Å². The molecule has 0 saturated carbocycles. The second kappa shape index (κ2) is 6.30. The summed E-state index contributed by atoms with van der Waals surface area (Å²) in [6.07, 6.45) is 4.83. The van der Waals surface area contributed by atoms with Crippen LogP contribution in [-0.2, 0) is 19.1 Å². The van der Waals surface area contributed by atoms with Crippen LogP contribution in [0, 0.1) is 0 Å². The van der Waals surface area contributed by atoms with Crippen LogP contribution in [0.25, 0.3) is 0 Å². The first kappa shape index (κ1) is 12.7. The molecule has 90 valence electrons. The van der Waals surface area contributed by atoms with Crippen molar-refractivity contribution < 1.29 is 19.1 Å². The van der Waals surface area contributed by atoms with E-state index in [1.807, 2.05) is 13.8 Å². The Bertz CT molecular complexity index is 255. The topological polar surface area (TPSA) is 52.6 Å². The molecular weight excluding hydrogens is 208 g/mol. The summed E-state index contributed by atoms with van der Waals surface area (Å²) in [4.78, 5) is 22.6. The van der Waals surface area contributed by atoms with Crippen LogP contribution in [0.15, 0.2) is 12.2 Å². The zero-order valence-electron chi connectivity index (χ0n) is 9.77. The molecule has 2 unspecified atom stereocenters. The number of esters is 2. The van der Waals surface area contributed by atoms with E-state index >= 15 is 0 Å². The standard InChI is InChI=1S/C12H18O4/c1-3-5-9-10(6-4-2)16-12(14)8-7-11(13)15-9/h7-10H,3-6H2,1-2H3/b8-7-. The maximum Gasteiger partial charge on any atom is 0.331 e. The molecule has 0 fully saturated rings. The lowest BCUT2D eigenvalue weighted by Crippen LogP contribution is -2.36. The van der Waals surface area contributed by atoms with Crippen LogP contribution in [0.1, 0.15) is 39.5 Å². The second-order valence-corrected chi connectivity index (χ2v) is 3.86. The molecule has 0 aromatic carbocycles. The van der Waals surface area contributed by atoms with Crippen molar-refractivity contribution in [3.63, 3.8) is 0 Å². The van der Waals surface area contributed by atoms with Crippen LogP contribution >= 0.6 is 0 Å². The molecule has 0 radical (unpaired) electrons. The second-order valence-electron chi connectivity index (χ2n) is 3.86. The molecule has 0 spiro atoms. The molecule has 0 aliphatic carbocycles. The van der Waals surface area contributed by atoms with Crippen molar-refractivity contribution in [1.29, 1.82) is 0 Å². The lowest BCUT2D eigenvalue weighted by molar-refractivity contribution is -0.164. The highest BCUT2D eigenvalue weighted by atomic mass is 16.6. The summed E-state index contributed by atoms with van der Waals surface area (Å²) in [6.45, 7) is 4.01. The molecule has 0 bridgehead atoms. The fourth-order valence-corrected chi connectivity index (χ4v) is 1.72. The van der Waals surface area contributed by atoms with Gasteiger partial charge in [-0.2, -0.15) is 0 Å². The number of hydrogen-bond donors (Lipinski definition) is 0. The Morgan fingerprint density at radius 1 is 0.938 bits per heavy atom. The minimum Gasteiger partial charge on any atom is -0.455 e. The molecule has 0 aromatic rings. The van der Waals surface area contributed by atoms with E-state index in [9.17, 15) is 9.59 Å². The molecular formula is C12H18O4. The van der Waals surface area contributed by atoms with E-state index in [0.717, 1.165) is 37.8 Å². The predicted molar refractivity (Wildman–Crippen MR) is 58.7 cm³/mol. The van der Waals surface area contributed by atoms with Crippen molar-refractivity contribution >= 4 is 11.9 Å². The van der Waals surface area contributed by atoms with Crippen LogP contribution < -0.4 is 0 Å². The van der Waals surface area contributed by atoms with Crippen molar-refractivity contribution in [1.82, 2.24) is 0 Å². The average molecular weight is 226 g/mol. The van der Waals surface area contributed by atoms with Gasteiger partial charge in [0.15, 0.2) is 0 Å². The number of rotatable bonds is 4. The quantitative estimate of drug-likeness (QED) is 0.688. The summed E-state index contributed by atoms with van der Waals surface area (Å²) in [5.74, 6) is -0.924. The highest BCUT2D eigenvalue weighted by Crippen LogP contribution is 2.18. The van der Waals surface area contributed by atoms with Crippen molar-refractivity contribution in [2.24, 2.45) is 0 Å². The van der Waals surface area contributed by atoms with Gasteiger partial charge in [-0.05, 0) is 12.8 Å². The number of carbonyl (C=O) groups is 2. The van der Waals surface area contributed by atoms with Crippen molar-refractivity contribution in [3.8, 4) is 0 Å². The predicted octanol–water partition coefficient (Wildman–Crippen LogP) is 1.98. The smallest absolute Gasteiger partial charge is 0.331 e. The highest BCUT2D eigenvalue weighted by molar-refractivity contribution is 5.92.